The van der Waals surface area contributed by atoms with Gasteiger partial charge in [0.2, 0.25) is 5.91 Å². The van der Waals surface area contributed by atoms with E-state index in [2.05, 4.69) is 5.32 Å². The van der Waals surface area contributed by atoms with Gasteiger partial charge >= 0.3 is 0 Å². The standard InChI is InChI=1S/C12H20N2O3S/c15-11(14-5-7-18(16,17)8-6-14)10-9-12(10)1-3-13-4-2-12/h10,13H,1-9H2. The molecule has 1 saturated carbocycles. The Morgan fingerprint density at radius 3 is 2.39 bits per heavy atom. The van der Waals surface area contributed by atoms with Gasteiger partial charge < -0.3 is 10.2 Å². The maximum Gasteiger partial charge on any atom is 0.226 e. The number of sulfone groups is 1. The van der Waals surface area contributed by atoms with Gasteiger partial charge in [-0.15, -0.1) is 0 Å². The van der Waals surface area contributed by atoms with Crippen molar-refractivity contribution in [2.45, 2.75) is 19.3 Å². The van der Waals surface area contributed by atoms with Gasteiger partial charge in [-0.05, 0) is 37.8 Å². The van der Waals surface area contributed by atoms with Crippen molar-refractivity contribution >= 4 is 15.7 Å². The highest BCUT2D eigenvalue weighted by molar-refractivity contribution is 7.91. The van der Waals surface area contributed by atoms with Gasteiger partial charge in [0.15, 0.2) is 9.84 Å². The van der Waals surface area contributed by atoms with E-state index < -0.39 is 9.84 Å². The second-order valence-corrected chi connectivity index (χ2v) is 8.15. The first-order chi connectivity index (χ1) is 8.53. The zero-order valence-corrected chi connectivity index (χ0v) is 11.3. The molecule has 1 spiro atoms. The van der Waals surface area contributed by atoms with E-state index in [0.717, 1.165) is 32.4 Å². The second-order valence-electron chi connectivity index (χ2n) is 5.85. The molecule has 3 fully saturated rings. The Bertz CT molecular complexity index is 440. The van der Waals surface area contributed by atoms with Crippen molar-refractivity contribution in [1.82, 2.24) is 10.2 Å². The molecule has 2 saturated heterocycles. The third-order valence-electron chi connectivity index (χ3n) is 4.74. The normalized spacial score (nSPS) is 33.3. The Morgan fingerprint density at radius 1 is 1.17 bits per heavy atom. The van der Waals surface area contributed by atoms with Gasteiger partial charge in [0, 0.05) is 19.0 Å². The third-order valence-corrected chi connectivity index (χ3v) is 6.35. The van der Waals surface area contributed by atoms with Crippen LogP contribution in [0.5, 0.6) is 0 Å². The minimum atomic E-state index is -2.89. The van der Waals surface area contributed by atoms with Gasteiger partial charge in [-0.1, -0.05) is 0 Å². The van der Waals surface area contributed by atoms with Crippen LogP contribution in [-0.4, -0.2) is 56.9 Å². The van der Waals surface area contributed by atoms with E-state index in [0.29, 0.717) is 13.1 Å². The van der Waals surface area contributed by atoms with Crippen molar-refractivity contribution in [1.29, 1.82) is 0 Å². The summed E-state index contributed by atoms with van der Waals surface area (Å²) in [4.78, 5) is 14.1. The Balaban J connectivity index is 1.60. The fraction of sp³-hybridized carbons (Fsp3) is 0.917. The average molecular weight is 272 g/mol. The summed E-state index contributed by atoms with van der Waals surface area (Å²) in [6.45, 7) is 2.81. The van der Waals surface area contributed by atoms with Crippen molar-refractivity contribution in [2.75, 3.05) is 37.7 Å². The number of rotatable bonds is 1. The molecule has 3 rings (SSSR count). The summed E-state index contributed by atoms with van der Waals surface area (Å²) < 4.78 is 22.7. The number of nitrogens with zero attached hydrogens (tertiary/aromatic N) is 1. The van der Waals surface area contributed by atoms with Crippen LogP contribution in [0.25, 0.3) is 0 Å². The number of piperidine rings is 1. The summed E-state index contributed by atoms with van der Waals surface area (Å²) in [5.74, 6) is 0.646. The highest BCUT2D eigenvalue weighted by Crippen LogP contribution is 2.59. The number of hydrogen-bond donors (Lipinski definition) is 1. The molecule has 6 heteroatoms. The minimum absolute atomic E-state index is 0.139. The molecule has 1 atom stereocenters. The molecular formula is C12H20N2O3S. The molecule has 0 aromatic heterocycles. The van der Waals surface area contributed by atoms with E-state index in [1.165, 1.54) is 0 Å². The summed E-state index contributed by atoms with van der Waals surface area (Å²) in [6, 6.07) is 0. The Labute approximate surface area is 108 Å². The fourth-order valence-corrected chi connectivity index (χ4v) is 4.53. The first-order valence-electron chi connectivity index (χ1n) is 6.72. The molecule has 5 nitrogen and oxygen atoms in total. The van der Waals surface area contributed by atoms with Crippen LogP contribution in [0.1, 0.15) is 19.3 Å². The van der Waals surface area contributed by atoms with Crippen LogP contribution in [0.4, 0.5) is 0 Å². The van der Waals surface area contributed by atoms with Crippen LogP contribution >= 0.6 is 0 Å². The summed E-state index contributed by atoms with van der Waals surface area (Å²) in [5, 5.41) is 3.33. The summed E-state index contributed by atoms with van der Waals surface area (Å²) in [5.41, 5.74) is 0.249. The maximum atomic E-state index is 12.4. The van der Waals surface area contributed by atoms with E-state index in [1.54, 1.807) is 4.90 Å². The first-order valence-corrected chi connectivity index (χ1v) is 8.55. The molecule has 102 valence electrons. The average Bonchev–Trinajstić information content (AvgIpc) is 3.03. The number of carbonyl (C=O) groups excluding carboxylic acids is 1. The summed E-state index contributed by atoms with van der Waals surface area (Å²) >= 11 is 0. The molecule has 18 heavy (non-hydrogen) atoms. The van der Waals surface area contributed by atoms with Crippen LogP contribution < -0.4 is 5.32 Å². The number of amides is 1. The molecule has 2 heterocycles. The molecule has 1 amide bonds. The van der Waals surface area contributed by atoms with E-state index in [1.807, 2.05) is 0 Å². The van der Waals surface area contributed by atoms with Crippen molar-refractivity contribution in [3.05, 3.63) is 0 Å². The summed E-state index contributed by atoms with van der Waals surface area (Å²) in [7, 11) is -2.89. The van der Waals surface area contributed by atoms with Crippen molar-refractivity contribution in [3.63, 3.8) is 0 Å². The lowest BCUT2D eigenvalue weighted by molar-refractivity contribution is -0.133. The largest absolute Gasteiger partial charge is 0.340 e. The number of hydrogen-bond acceptors (Lipinski definition) is 4. The van der Waals surface area contributed by atoms with E-state index in [4.69, 9.17) is 0 Å². The van der Waals surface area contributed by atoms with Crippen LogP contribution in [0.2, 0.25) is 0 Å². The van der Waals surface area contributed by atoms with Crippen molar-refractivity contribution in [3.8, 4) is 0 Å². The molecular weight excluding hydrogens is 252 g/mol. The van der Waals surface area contributed by atoms with Crippen molar-refractivity contribution < 1.29 is 13.2 Å². The topological polar surface area (TPSA) is 66.5 Å². The van der Waals surface area contributed by atoms with Gasteiger partial charge in [-0.2, -0.15) is 0 Å². The SMILES string of the molecule is O=C(C1CC12CCNCC2)N1CCS(=O)(=O)CC1. The van der Waals surface area contributed by atoms with Gasteiger partial charge in [-0.25, -0.2) is 8.42 Å². The van der Waals surface area contributed by atoms with Gasteiger partial charge in [0.05, 0.1) is 11.5 Å². The molecule has 0 bridgehead atoms. The van der Waals surface area contributed by atoms with Crippen LogP contribution in [0.15, 0.2) is 0 Å². The number of nitrogens with one attached hydrogen (secondary N) is 1. The zero-order valence-electron chi connectivity index (χ0n) is 10.5. The lowest BCUT2D eigenvalue weighted by Gasteiger charge is -2.29. The molecule has 2 aliphatic heterocycles. The molecule has 1 aliphatic carbocycles. The third kappa shape index (κ3) is 2.16. The highest BCUT2D eigenvalue weighted by atomic mass is 32.2. The van der Waals surface area contributed by atoms with Crippen LogP contribution in [-0.2, 0) is 14.6 Å². The Kier molecular flexibility index (Phi) is 2.90. The smallest absolute Gasteiger partial charge is 0.226 e. The quantitative estimate of drug-likeness (QED) is 0.707. The lowest BCUT2D eigenvalue weighted by Crippen LogP contribution is -2.45. The molecule has 3 aliphatic rings. The molecule has 0 aromatic carbocycles. The summed E-state index contributed by atoms with van der Waals surface area (Å²) in [6.07, 6.45) is 3.20. The lowest BCUT2D eigenvalue weighted by atomic mass is 9.91. The zero-order chi connectivity index (χ0) is 12.8. The van der Waals surface area contributed by atoms with Gasteiger partial charge in [0.25, 0.3) is 0 Å². The second kappa shape index (κ2) is 4.20. The monoisotopic (exact) mass is 272 g/mol. The van der Waals surface area contributed by atoms with Gasteiger partial charge in [0.1, 0.15) is 0 Å². The van der Waals surface area contributed by atoms with E-state index >= 15 is 0 Å². The predicted octanol–water partition coefficient (Wildman–Crippen LogP) is -0.367. The van der Waals surface area contributed by atoms with Crippen molar-refractivity contribution in [2.24, 2.45) is 11.3 Å². The van der Waals surface area contributed by atoms with Crippen LogP contribution in [0, 0.1) is 11.3 Å². The van der Waals surface area contributed by atoms with E-state index in [-0.39, 0.29) is 28.7 Å². The molecule has 1 unspecified atom stereocenters. The van der Waals surface area contributed by atoms with Crippen LogP contribution in [0.3, 0.4) is 0 Å². The van der Waals surface area contributed by atoms with Gasteiger partial charge in [-0.3, -0.25) is 4.79 Å². The molecule has 0 aromatic rings. The minimum Gasteiger partial charge on any atom is -0.340 e. The maximum absolute atomic E-state index is 12.4. The highest BCUT2D eigenvalue weighted by Gasteiger charge is 2.58. The Morgan fingerprint density at radius 2 is 1.78 bits per heavy atom. The predicted molar refractivity (Wildman–Crippen MR) is 67.9 cm³/mol. The molecule has 1 N–H and O–H groups in total. The first kappa shape index (κ1) is 12.4. The number of carbonyl (C=O) groups is 1. The van der Waals surface area contributed by atoms with E-state index in [9.17, 15) is 13.2 Å². The Hall–Kier alpha value is -0.620. The fourth-order valence-electron chi connectivity index (χ4n) is 3.33. The molecule has 0 radical (unpaired) electrons.